The van der Waals surface area contributed by atoms with Crippen LogP contribution in [0.3, 0.4) is 0 Å². The number of aromatic nitrogens is 1. The summed E-state index contributed by atoms with van der Waals surface area (Å²) >= 11 is 0. The Morgan fingerprint density at radius 2 is 1.42 bits per heavy atom. The van der Waals surface area contributed by atoms with Crippen LogP contribution in [0.1, 0.15) is 31.1 Å². The molecule has 0 radical (unpaired) electrons. The van der Waals surface area contributed by atoms with E-state index in [2.05, 4.69) is 4.98 Å². The Balaban J connectivity index is 2.03. The third kappa shape index (κ3) is 1.69. The number of rotatable bonds is 2. The highest BCUT2D eigenvalue weighted by Gasteiger charge is 2.43. The van der Waals surface area contributed by atoms with Crippen LogP contribution in [-0.2, 0) is 0 Å². The molecule has 4 nitrogen and oxygen atoms in total. The normalized spacial score (nSPS) is 14.5. The molecular formula is C15H9NO3. The van der Waals surface area contributed by atoms with E-state index < -0.39 is 23.3 Å². The Morgan fingerprint density at radius 1 is 0.895 bits per heavy atom. The van der Waals surface area contributed by atoms with Crippen LogP contribution in [-0.4, -0.2) is 22.3 Å². The highest BCUT2D eigenvalue weighted by atomic mass is 16.2. The van der Waals surface area contributed by atoms with Gasteiger partial charge >= 0.3 is 0 Å². The maximum atomic E-state index is 12.3. The summed E-state index contributed by atoms with van der Waals surface area (Å²) in [7, 11) is 0. The van der Waals surface area contributed by atoms with Crippen molar-refractivity contribution in [3.63, 3.8) is 0 Å². The molecule has 1 heterocycles. The summed E-state index contributed by atoms with van der Waals surface area (Å²) in [4.78, 5) is 40.4. The van der Waals surface area contributed by atoms with Gasteiger partial charge in [-0.2, -0.15) is 0 Å². The minimum absolute atomic E-state index is 0.328. The summed E-state index contributed by atoms with van der Waals surface area (Å²) < 4.78 is 0. The number of hydrogen-bond acceptors (Lipinski definition) is 4. The van der Waals surface area contributed by atoms with Crippen LogP contribution >= 0.6 is 0 Å². The van der Waals surface area contributed by atoms with Gasteiger partial charge in [0.05, 0.1) is 0 Å². The number of carbonyl (C=O) groups excluding carboxylic acids is 3. The van der Waals surface area contributed by atoms with Crippen molar-refractivity contribution < 1.29 is 14.4 Å². The molecule has 1 aliphatic carbocycles. The second-order valence-corrected chi connectivity index (χ2v) is 4.31. The van der Waals surface area contributed by atoms with Crippen molar-refractivity contribution in [1.82, 2.24) is 4.98 Å². The molecule has 0 N–H and O–H groups in total. The summed E-state index contributed by atoms with van der Waals surface area (Å²) in [5, 5.41) is 0. The van der Waals surface area contributed by atoms with E-state index in [0.717, 1.165) is 0 Å². The monoisotopic (exact) mass is 251 g/mol. The zero-order chi connectivity index (χ0) is 13.4. The van der Waals surface area contributed by atoms with Crippen LogP contribution in [0.5, 0.6) is 0 Å². The Morgan fingerprint density at radius 3 is 1.95 bits per heavy atom. The van der Waals surface area contributed by atoms with E-state index in [-0.39, 0.29) is 0 Å². The largest absolute Gasteiger partial charge is 0.293 e. The summed E-state index contributed by atoms with van der Waals surface area (Å²) in [6.07, 6.45) is 2.93. The third-order valence-electron chi connectivity index (χ3n) is 3.21. The van der Waals surface area contributed by atoms with E-state index in [1.165, 1.54) is 24.5 Å². The first-order valence-corrected chi connectivity index (χ1v) is 5.82. The molecule has 2 aromatic rings. The SMILES string of the molecule is O=C(c1ccncc1)C1C(=O)c2ccccc2C1=O. The maximum Gasteiger partial charge on any atom is 0.182 e. The van der Waals surface area contributed by atoms with Gasteiger partial charge in [0.1, 0.15) is 5.92 Å². The molecular weight excluding hydrogens is 242 g/mol. The van der Waals surface area contributed by atoms with Gasteiger partial charge in [-0.3, -0.25) is 19.4 Å². The van der Waals surface area contributed by atoms with Gasteiger partial charge in [-0.15, -0.1) is 0 Å². The van der Waals surface area contributed by atoms with E-state index in [9.17, 15) is 14.4 Å². The molecule has 0 aliphatic heterocycles. The fraction of sp³-hybridized carbons (Fsp3) is 0.0667. The standard InChI is InChI=1S/C15H9NO3/c17-13(9-5-7-16-8-6-9)12-14(18)10-3-1-2-4-11(10)15(12)19/h1-8,12H. The number of ketones is 3. The fourth-order valence-electron chi connectivity index (χ4n) is 2.26. The molecule has 0 saturated heterocycles. The van der Waals surface area contributed by atoms with E-state index in [4.69, 9.17) is 0 Å². The lowest BCUT2D eigenvalue weighted by atomic mass is 9.94. The molecule has 19 heavy (non-hydrogen) atoms. The molecule has 1 aliphatic rings. The number of fused-ring (bicyclic) bond motifs is 1. The molecule has 0 unspecified atom stereocenters. The Bertz CT molecular complexity index is 657. The van der Waals surface area contributed by atoms with Gasteiger partial charge in [0.2, 0.25) is 0 Å². The van der Waals surface area contributed by atoms with Gasteiger partial charge in [0.15, 0.2) is 17.3 Å². The van der Waals surface area contributed by atoms with Gasteiger partial charge in [-0.05, 0) is 12.1 Å². The zero-order valence-corrected chi connectivity index (χ0v) is 9.87. The Kier molecular flexibility index (Phi) is 2.56. The van der Waals surface area contributed by atoms with Crippen molar-refractivity contribution in [2.24, 2.45) is 5.92 Å². The molecule has 0 saturated carbocycles. The zero-order valence-electron chi connectivity index (χ0n) is 9.87. The lowest BCUT2D eigenvalue weighted by Crippen LogP contribution is -2.25. The smallest absolute Gasteiger partial charge is 0.182 e. The van der Waals surface area contributed by atoms with E-state index >= 15 is 0 Å². The molecule has 0 bridgehead atoms. The van der Waals surface area contributed by atoms with Gasteiger partial charge in [-0.25, -0.2) is 0 Å². The van der Waals surface area contributed by atoms with Crippen LogP contribution in [0.15, 0.2) is 48.8 Å². The van der Waals surface area contributed by atoms with Crippen LogP contribution < -0.4 is 0 Å². The summed E-state index contributed by atoms with van der Waals surface area (Å²) in [6.45, 7) is 0. The molecule has 0 spiro atoms. The molecule has 0 fully saturated rings. The topological polar surface area (TPSA) is 64.1 Å². The summed E-state index contributed by atoms with van der Waals surface area (Å²) in [5.74, 6) is -2.53. The third-order valence-corrected chi connectivity index (χ3v) is 3.21. The van der Waals surface area contributed by atoms with Crippen molar-refractivity contribution >= 4 is 17.3 Å². The molecule has 3 rings (SSSR count). The summed E-state index contributed by atoms with van der Waals surface area (Å²) in [6, 6.07) is 9.54. The lowest BCUT2D eigenvalue weighted by molar-refractivity contribution is 0.0756. The number of nitrogens with zero attached hydrogens (tertiary/aromatic N) is 1. The number of pyridine rings is 1. The number of hydrogen-bond donors (Lipinski definition) is 0. The number of benzene rings is 1. The molecule has 1 aromatic carbocycles. The minimum Gasteiger partial charge on any atom is -0.293 e. The van der Waals surface area contributed by atoms with Gasteiger partial charge < -0.3 is 0 Å². The first kappa shape index (κ1) is 11.5. The van der Waals surface area contributed by atoms with Gasteiger partial charge in [0.25, 0.3) is 0 Å². The highest BCUT2D eigenvalue weighted by molar-refractivity contribution is 6.37. The highest BCUT2D eigenvalue weighted by Crippen LogP contribution is 2.28. The molecule has 0 amide bonds. The quantitative estimate of drug-likeness (QED) is 0.604. The van der Waals surface area contributed by atoms with Crippen molar-refractivity contribution in [3.05, 3.63) is 65.5 Å². The summed E-state index contributed by atoms with van der Waals surface area (Å²) in [5.41, 5.74) is 0.995. The fourth-order valence-corrected chi connectivity index (χ4v) is 2.26. The van der Waals surface area contributed by atoms with Gasteiger partial charge in [-0.1, -0.05) is 24.3 Å². The van der Waals surface area contributed by atoms with Crippen LogP contribution in [0, 0.1) is 5.92 Å². The van der Waals surface area contributed by atoms with Crippen molar-refractivity contribution in [3.8, 4) is 0 Å². The Labute approximate surface area is 109 Å². The lowest BCUT2D eigenvalue weighted by Gasteiger charge is -2.05. The van der Waals surface area contributed by atoms with Crippen LogP contribution in [0.25, 0.3) is 0 Å². The minimum atomic E-state index is -1.24. The second kappa shape index (κ2) is 4.24. The van der Waals surface area contributed by atoms with E-state index in [0.29, 0.717) is 16.7 Å². The van der Waals surface area contributed by atoms with Crippen LogP contribution in [0.4, 0.5) is 0 Å². The first-order valence-electron chi connectivity index (χ1n) is 5.82. The van der Waals surface area contributed by atoms with Gasteiger partial charge in [0, 0.05) is 29.1 Å². The maximum absolute atomic E-state index is 12.3. The molecule has 4 heteroatoms. The van der Waals surface area contributed by atoms with E-state index in [1.807, 2.05) is 0 Å². The molecule has 92 valence electrons. The Hall–Kier alpha value is -2.62. The molecule has 0 atom stereocenters. The molecule has 1 aromatic heterocycles. The predicted octanol–water partition coefficient (Wildman–Crippen LogP) is 1.96. The predicted molar refractivity (Wildman–Crippen MR) is 67.2 cm³/mol. The van der Waals surface area contributed by atoms with Crippen LogP contribution in [0.2, 0.25) is 0 Å². The van der Waals surface area contributed by atoms with E-state index in [1.54, 1.807) is 24.3 Å². The second-order valence-electron chi connectivity index (χ2n) is 4.31. The average molecular weight is 251 g/mol. The number of carbonyl (C=O) groups is 3. The first-order chi connectivity index (χ1) is 9.20. The average Bonchev–Trinajstić information content (AvgIpc) is 2.72. The van der Waals surface area contributed by atoms with Crippen molar-refractivity contribution in [1.29, 1.82) is 0 Å². The van der Waals surface area contributed by atoms with Crippen molar-refractivity contribution in [2.45, 2.75) is 0 Å². The number of Topliss-reactive ketones (excluding diaryl/α,β-unsaturated/α-hetero) is 3. The van der Waals surface area contributed by atoms with Crippen molar-refractivity contribution in [2.75, 3.05) is 0 Å².